The molecule has 126 valence electrons. The van der Waals surface area contributed by atoms with Crippen molar-refractivity contribution in [2.75, 3.05) is 25.5 Å². The van der Waals surface area contributed by atoms with Gasteiger partial charge in [-0.25, -0.2) is 0 Å². The van der Waals surface area contributed by atoms with Gasteiger partial charge in [0.05, 0.1) is 6.54 Å². The molecule has 0 atom stereocenters. The molecular formula is C19H22N2O3. The van der Waals surface area contributed by atoms with E-state index in [1.54, 1.807) is 36.2 Å². The van der Waals surface area contributed by atoms with Crippen molar-refractivity contribution < 1.29 is 14.3 Å². The maximum atomic E-state index is 12.4. The summed E-state index contributed by atoms with van der Waals surface area (Å²) >= 11 is 0. The van der Waals surface area contributed by atoms with Crippen molar-refractivity contribution in [3.8, 4) is 5.75 Å². The number of carbonyl (C=O) groups excluding carboxylic acids is 2. The lowest BCUT2D eigenvalue weighted by Crippen LogP contribution is -2.30. The van der Waals surface area contributed by atoms with Crippen LogP contribution >= 0.6 is 0 Å². The molecule has 0 fully saturated rings. The normalized spacial score (nSPS) is 10.1. The van der Waals surface area contributed by atoms with Crippen LogP contribution in [0.4, 0.5) is 5.69 Å². The molecule has 2 aromatic rings. The lowest BCUT2D eigenvalue weighted by molar-refractivity contribution is -0.114. The van der Waals surface area contributed by atoms with Crippen molar-refractivity contribution in [1.29, 1.82) is 0 Å². The monoisotopic (exact) mass is 326 g/mol. The molecule has 0 saturated heterocycles. The zero-order chi connectivity index (χ0) is 17.5. The van der Waals surface area contributed by atoms with Gasteiger partial charge in [0.25, 0.3) is 5.91 Å². The molecule has 1 N–H and O–H groups in total. The lowest BCUT2D eigenvalue weighted by atomic mass is 10.2. The first-order chi connectivity index (χ1) is 11.5. The first kappa shape index (κ1) is 17.5. The quantitative estimate of drug-likeness (QED) is 0.887. The average Bonchev–Trinajstić information content (AvgIpc) is 2.54. The van der Waals surface area contributed by atoms with Crippen LogP contribution in [0.2, 0.25) is 0 Å². The second kappa shape index (κ2) is 8.15. The number of nitrogens with one attached hydrogen (secondary N) is 1. The van der Waals surface area contributed by atoms with Gasteiger partial charge in [0, 0.05) is 25.2 Å². The van der Waals surface area contributed by atoms with Gasteiger partial charge in [0.1, 0.15) is 12.4 Å². The minimum absolute atomic E-state index is 0.0859. The van der Waals surface area contributed by atoms with Gasteiger partial charge in [0.15, 0.2) is 0 Å². The van der Waals surface area contributed by atoms with Crippen LogP contribution in [0, 0.1) is 6.92 Å². The van der Waals surface area contributed by atoms with Crippen LogP contribution in [-0.4, -0.2) is 36.9 Å². The summed E-state index contributed by atoms with van der Waals surface area (Å²) in [5.74, 6) is 0.576. The third kappa shape index (κ3) is 5.12. The summed E-state index contributed by atoms with van der Waals surface area (Å²) in [5.41, 5.74) is 2.38. The third-order valence-electron chi connectivity index (χ3n) is 3.48. The number of rotatable bonds is 6. The molecule has 0 spiro atoms. The Morgan fingerprint density at radius 2 is 1.83 bits per heavy atom. The van der Waals surface area contributed by atoms with E-state index >= 15 is 0 Å². The number of likely N-dealkylation sites (N-methyl/N-ethyl adjacent to an activating group) is 1. The number of aryl methyl sites for hydroxylation is 1. The number of nitrogens with zero attached hydrogens (tertiary/aromatic N) is 1. The zero-order valence-corrected chi connectivity index (χ0v) is 14.2. The van der Waals surface area contributed by atoms with Crippen molar-refractivity contribution in [3.05, 3.63) is 59.7 Å². The molecule has 0 aliphatic rings. The number of carbonyl (C=O) groups is 2. The Labute approximate surface area is 142 Å². The third-order valence-corrected chi connectivity index (χ3v) is 3.48. The molecule has 0 bridgehead atoms. The minimum Gasteiger partial charge on any atom is -0.492 e. The van der Waals surface area contributed by atoms with Crippen LogP contribution in [0.5, 0.6) is 5.75 Å². The molecule has 0 heterocycles. The van der Waals surface area contributed by atoms with Crippen molar-refractivity contribution in [1.82, 2.24) is 4.90 Å². The number of amides is 2. The van der Waals surface area contributed by atoms with E-state index in [0.29, 0.717) is 24.4 Å². The minimum atomic E-state index is -0.139. The fourth-order valence-corrected chi connectivity index (χ4v) is 2.23. The van der Waals surface area contributed by atoms with Gasteiger partial charge in [-0.05, 0) is 48.9 Å². The number of hydrogen-bond acceptors (Lipinski definition) is 3. The molecule has 24 heavy (non-hydrogen) atoms. The van der Waals surface area contributed by atoms with Gasteiger partial charge in [-0.15, -0.1) is 0 Å². The Bertz CT molecular complexity index is 711. The molecule has 0 saturated carbocycles. The molecule has 5 heteroatoms. The Morgan fingerprint density at radius 3 is 2.46 bits per heavy atom. The molecule has 2 rings (SSSR count). The predicted octanol–water partition coefficient (Wildman–Crippen LogP) is 3.10. The second-order valence-electron chi connectivity index (χ2n) is 5.65. The summed E-state index contributed by atoms with van der Waals surface area (Å²) in [4.78, 5) is 25.0. The summed E-state index contributed by atoms with van der Waals surface area (Å²) in [5, 5.41) is 2.67. The predicted molar refractivity (Wildman–Crippen MR) is 94.4 cm³/mol. The molecule has 2 amide bonds. The number of benzene rings is 2. The van der Waals surface area contributed by atoms with Crippen molar-refractivity contribution in [2.45, 2.75) is 13.8 Å². The van der Waals surface area contributed by atoms with E-state index in [1.807, 2.05) is 31.2 Å². The molecule has 0 aromatic heterocycles. The van der Waals surface area contributed by atoms with Gasteiger partial charge in [-0.3, -0.25) is 9.59 Å². The van der Waals surface area contributed by atoms with E-state index in [2.05, 4.69) is 5.32 Å². The molecule has 5 nitrogen and oxygen atoms in total. The van der Waals surface area contributed by atoms with E-state index < -0.39 is 0 Å². The van der Waals surface area contributed by atoms with Crippen LogP contribution in [0.15, 0.2) is 48.5 Å². The highest BCUT2D eigenvalue weighted by atomic mass is 16.5. The first-order valence-electron chi connectivity index (χ1n) is 7.78. The van der Waals surface area contributed by atoms with Crippen LogP contribution in [0.3, 0.4) is 0 Å². The molecule has 0 unspecified atom stereocenters. The summed E-state index contributed by atoms with van der Waals surface area (Å²) in [6.07, 6.45) is 0. The van der Waals surface area contributed by atoms with E-state index in [1.165, 1.54) is 6.92 Å². The van der Waals surface area contributed by atoms with E-state index in [0.717, 1.165) is 11.3 Å². The largest absolute Gasteiger partial charge is 0.492 e. The Kier molecular flexibility index (Phi) is 5.95. The van der Waals surface area contributed by atoms with Crippen molar-refractivity contribution >= 4 is 17.5 Å². The Morgan fingerprint density at radius 1 is 1.12 bits per heavy atom. The second-order valence-corrected chi connectivity index (χ2v) is 5.65. The van der Waals surface area contributed by atoms with Gasteiger partial charge >= 0.3 is 0 Å². The van der Waals surface area contributed by atoms with E-state index in [-0.39, 0.29) is 11.8 Å². The van der Waals surface area contributed by atoms with Gasteiger partial charge in [0.2, 0.25) is 5.91 Å². The topological polar surface area (TPSA) is 58.6 Å². The number of ether oxygens (including phenoxy) is 1. The average molecular weight is 326 g/mol. The lowest BCUT2D eigenvalue weighted by Gasteiger charge is -2.18. The summed E-state index contributed by atoms with van der Waals surface area (Å²) in [7, 11) is 1.74. The van der Waals surface area contributed by atoms with Crippen LogP contribution in [0.1, 0.15) is 22.8 Å². The van der Waals surface area contributed by atoms with Crippen molar-refractivity contribution in [2.24, 2.45) is 0 Å². The van der Waals surface area contributed by atoms with Crippen LogP contribution < -0.4 is 10.1 Å². The fraction of sp³-hybridized carbons (Fsp3) is 0.263. The summed E-state index contributed by atoms with van der Waals surface area (Å²) < 4.78 is 5.67. The maximum Gasteiger partial charge on any atom is 0.253 e. The van der Waals surface area contributed by atoms with Crippen LogP contribution in [-0.2, 0) is 4.79 Å². The highest BCUT2D eigenvalue weighted by Crippen LogP contribution is 2.13. The van der Waals surface area contributed by atoms with Gasteiger partial charge in [-0.2, -0.15) is 0 Å². The number of anilines is 1. The Balaban J connectivity index is 1.86. The Hall–Kier alpha value is -2.82. The SMILES string of the molecule is CC(=O)Nc1ccc(C(=O)N(C)CCOc2cccc(C)c2)cc1. The maximum absolute atomic E-state index is 12.4. The molecule has 2 aromatic carbocycles. The standard InChI is InChI=1S/C19H22N2O3/c1-14-5-4-6-18(13-14)24-12-11-21(3)19(23)16-7-9-17(10-8-16)20-15(2)22/h4-10,13H,11-12H2,1-3H3,(H,20,22). The molecule has 0 radical (unpaired) electrons. The molecular weight excluding hydrogens is 304 g/mol. The van der Waals surface area contributed by atoms with Crippen LogP contribution in [0.25, 0.3) is 0 Å². The summed E-state index contributed by atoms with van der Waals surface area (Å²) in [6, 6.07) is 14.6. The summed E-state index contributed by atoms with van der Waals surface area (Å²) in [6.45, 7) is 4.37. The van der Waals surface area contributed by atoms with E-state index in [4.69, 9.17) is 4.74 Å². The van der Waals surface area contributed by atoms with E-state index in [9.17, 15) is 9.59 Å². The highest BCUT2D eigenvalue weighted by Gasteiger charge is 2.11. The first-order valence-corrected chi connectivity index (χ1v) is 7.78. The van der Waals surface area contributed by atoms with Gasteiger partial charge in [-0.1, -0.05) is 12.1 Å². The molecule has 0 aliphatic carbocycles. The smallest absolute Gasteiger partial charge is 0.253 e. The fourth-order valence-electron chi connectivity index (χ4n) is 2.23. The van der Waals surface area contributed by atoms with Crippen molar-refractivity contribution in [3.63, 3.8) is 0 Å². The number of hydrogen-bond donors (Lipinski definition) is 1. The highest BCUT2D eigenvalue weighted by molar-refractivity contribution is 5.95. The van der Waals surface area contributed by atoms with Gasteiger partial charge < -0.3 is 15.0 Å². The zero-order valence-electron chi connectivity index (χ0n) is 14.2. The molecule has 0 aliphatic heterocycles.